The largest absolute Gasteiger partial charge is 0.497 e. The zero-order valence-electron chi connectivity index (χ0n) is 9.22. The zero-order valence-corrected chi connectivity index (χ0v) is 14.8. The highest BCUT2D eigenvalue weighted by Crippen LogP contribution is 2.42. The minimum absolute atomic E-state index is 0.170. The summed E-state index contributed by atoms with van der Waals surface area (Å²) in [7, 11) is 1.52. The molecule has 0 saturated heterocycles. The standard InChI is InChI=1S/C12H8Br3FOS/c1-17-6-2-3-7(9(16)4-6)11(14)10-5-8(13)12(15)18-10/h2-5,11H,1H3. The van der Waals surface area contributed by atoms with Gasteiger partial charge in [-0.05, 0) is 44.0 Å². The molecule has 6 heteroatoms. The fourth-order valence-corrected chi connectivity index (χ4v) is 4.35. The lowest BCUT2D eigenvalue weighted by atomic mass is 10.1. The van der Waals surface area contributed by atoms with E-state index in [9.17, 15) is 4.39 Å². The van der Waals surface area contributed by atoms with Crippen LogP contribution < -0.4 is 4.74 Å². The topological polar surface area (TPSA) is 9.23 Å². The maximum atomic E-state index is 14.0. The third-order valence-electron chi connectivity index (χ3n) is 2.39. The third-order valence-corrected chi connectivity index (χ3v) is 7.01. The van der Waals surface area contributed by atoms with Gasteiger partial charge >= 0.3 is 0 Å². The van der Waals surface area contributed by atoms with Crippen LogP contribution in [0.25, 0.3) is 0 Å². The smallest absolute Gasteiger partial charge is 0.131 e. The maximum absolute atomic E-state index is 14.0. The van der Waals surface area contributed by atoms with E-state index < -0.39 is 0 Å². The molecule has 0 aliphatic heterocycles. The minimum Gasteiger partial charge on any atom is -0.497 e. The van der Waals surface area contributed by atoms with Crippen molar-refractivity contribution in [2.75, 3.05) is 7.11 Å². The van der Waals surface area contributed by atoms with Gasteiger partial charge in [0.1, 0.15) is 11.6 Å². The summed E-state index contributed by atoms with van der Waals surface area (Å²) in [5.41, 5.74) is 0.594. The maximum Gasteiger partial charge on any atom is 0.131 e. The highest BCUT2D eigenvalue weighted by Gasteiger charge is 2.18. The highest BCUT2D eigenvalue weighted by atomic mass is 79.9. The molecule has 0 spiro atoms. The lowest BCUT2D eigenvalue weighted by molar-refractivity contribution is 0.411. The molecule has 18 heavy (non-hydrogen) atoms. The molecule has 1 nitrogen and oxygen atoms in total. The average molecular weight is 459 g/mol. The molecule has 2 rings (SSSR count). The summed E-state index contributed by atoms with van der Waals surface area (Å²) in [6, 6.07) is 6.85. The van der Waals surface area contributed by atoms with Crippen molar-refractivity contribution in [3.05, 3.63) is 48.8 Å². The van der Waals surface area contributed by atoms with Gasteiger partial charge in [0.15, 0.2) is 0 Å². The molecule has 1 atom stereocenters. The Morgan fingerprint density at radius 2 is 2.00 bits per heavy atom. The van der Waals surface area contributed by atoms with Crippen molar-refractivity contribution in [1.82, 2.24) is 0 Å². The Kier molecular flexibility index (Phi) is 4.86. The van der Waals surface area contributed by atoms with Gasteiger partial charge < -0.3 is 4.74 Å². The van der Waals surface area contributed by atoms with E-state index in [1.165, 1.54) is 13.2 Å². The molecular formula is C12H8Br3FOS. The Morgan fingerprint density at radius 3 is 2.50 bits per heavy atom. The molecule has 0 fully saturated rings. The molecule has 0 aliphatic carbocycles. The molecule has 0 bridgehead atoms. The van der Waals surface area contributed by atoms with Gasteiger partial charge in [0, 0.05) is 21.0 Å². The first-order chi connectivity index (χ1) is 8.52. The number of ether oxygens (including phenoxy) is 1. The first kappa shape index (κ1) is 14.5. The summed E-state index contributed by atoms with van der Waals surface area (Å²) in [5, 5.41) is 0. The molecule has 96 valence electrons. The number of methoxy groups -OCH3 is 1. The van der Waals surface area contributed by atoms with Crippen LogP contribution >= 0.6 is 59.1 Å². The fraction of sp³-hybridized carbons (Fsp3) is 0.167. The molecule has 1 heterocycles. The molecule has 1 aromatic heterocycles. The van der Waals surface area contributed by atoms with E-state index in [1.54, 1.807) is 23.5 Å². The molecule has 0 saturated carbocycles. The number of hydrogen-bond donors (Lipinski definition) is 0. The van der Waals surface area contributed by atoms with E-state index in [0.717, 1.165) is 13.1 Å². The molecule has 1 unspecified atom stereocenters. The summed E-state index contributed by atoms with van der Waals surface area (Å²) < 4.78 is 20.9. The van der Waals surface area contributed by atoms with E-state index >= 15 is 0 Å². The van der Waals surface area contributed by atoms with Crippen molar-refractivity contribution in [2.45, 2.75) is 4.83 Å². The third kappa shape index (κ3) is 2.98. The van der Waals surface area contributed by atoms with Crippen molar-refractivity contribution in [3.63, 3.8) is 0 Å². The Hall–Kier alpha value is 0.0900. The minimum atomic E-state index is -0.281. The van der Waals surface area contributed by atoms with Gasteiger partial charge in [0.05, 0.1) is 15.7 Å². The molecule has 1 aromatic carbocycles. The summed E-state index contributed by atoms with van der Waals surface area (Å²) in [5.74, 6) is 0.237. The normalized spacial score (nSPS) is 12.5. The Balaban J connectivity index is 2.36. The van der Waals surface area contributed by atoms with Crippen molar-refractivity contribution in [2.24, 2.45) is 0 Å². The number of benzene rings is 1. The Labute approximate surface area is 134 Å². The number of hydrogen-bond acceptors (Lipinski definition) is 2. The number of thiophene rings is 1. The lowest BCUT2D eigenvalue weighted by Crippen LogP contribution is -1.95. The Bertz CT molecular complexity index is 551. The van der Waals surface area contributed by atoms with Crippen LogP contribution in [0.3, 0.4) is 0 Å². The second-order valence-corrected chi connectivity index (χ2v) is 7.69. The Morgan fingerprint density at radius 1 is 1.28 bits per heavy atom. The molecular weight excluding hydrogens is 451 g/mol. The first-order valence-corrected chi connectivity index (χ1v) is 8.27. The van der Waals surface area contributed by atoms with Crippen molar-refractivity contribution < 1.29 is 9.13 Å². The predicted octanol–water partition coefficient (Wildman–Crippen LogP) is 5.91. The van der Waals surface area contributed by atoms with Gasteiger partial charge in [-0.15, -0.1) is 11.3 Å². The summed E-state index contributed by atoms with van der Waals surface area (Å²) >= 11 is 12.0. The molecule has 0 amide bonds. The molecule has 0 radical (unpaired) electrons. The highest BCUT2D eigenvalue weighted by molar-refractivity contribution is 9.13. The van der Waals surface area contributed by atoms with Gasteiger partial charge in [0.2, 0.25) is 0 Å². The fourth-order valence-electron chi connectivity index (χ4n) is 1.48. The lowest BCUT2D eigenvalue weighted by Gasteiger charge is -2.10. The van der Waals surface area contributed by atoms with E-state index in [2.05, 4.69) is 47.8 Å². The summed E-state index contributed by atoms with van der Waals surface area (Å²) in [6.07, 6.45) is 0. The van der Waals surface area contributed by atoms with Crippen LogP contribution in [-0.2, 0) is 0 Å². The van der Waals surface area contributed by atoms with Gasteiger partial charge in [-0.25, -0.2) is 4.39 Å². The molecule has 2 aromatic rings. The van der Waals surface area contributed by atoms with E-state index in [4.69, 9.17) is 4.74 Å². The monoisotopic (exact) mass is 456 g/mol. The van der Waals surface area contributed by atoms with Crippen molar-refractivity contribution >= 4 is 59.1 Å². The second kappa shape index (κ2) is 6.03. The van der Waals surface area contributed by atoms with Crippen LogP contribution in [0.4, 0.5) is 4.39 Å². The zero-order chi connectivity index (χ0) is 13.3. The van der Waals surface area contributed by atoms with Crippen molar-refractivity contribution in [3.8, 4) is 5.75 Å². The number of rotatable bonds is 3. The van der Waals surface area contributed by atoms with Gasteiger partial charge in [-0.1, -0.05) is 22.0 Å². The second-order valence-electron chi connectivity index (χ2n) is 3.52. The van der Waals surface area contributed by atoms with Crippen LogP contribution in [0.2, 0.25) is 0 Å². The number of alkyl halides is 1. The number of halogens is 4. The van der Waals surface area contributed by atoms with E-state index in [-0.39, 0.29) is 10.6 Å². The van der Waals surface area contributed by atoms with Crippen LogP contribution in [-0.4, -0.2) is 7.11 Å². The van der Waals surface area contributed by atoms with Crippen LogP contribution in [0, 0.1) is 5.82 Å². The van der Waals surface area contributed by atoms with Crippen LogP contribution in [0.15, 0.2) is 32.5 Å². The van der Waals surface area contributed by atoms with E-state index in [1.807, 2.05) is 6.07 Å². The van der Waals surface area contributed by atoms with Crippen molar-refractivity contribution in [1.29, 1.82) is 0 Å². The SMILES string of the molecule is COc1ccc(C(Br)c2cc(Br)c(Br)s2)c(F)c1. The van der Waals surface area contributed by atoms with Gasteiger partial charge in [-0.2, -0.15) is 0 Å². The van der Waals surface area contributed by atoms with Gasteiger partial charge in [-0.3, -0.25) is 0 Å². The first-order valence-electron chi connectivity index (χ1n) is 4.95. The quantitative estimate of drug-likeness (QED) is 0.520. The van der Waals surface area contributed by atoms with Crippen LogP contribution in [0.1, 0.15) is 15.3 Å². The van der Waals surface area contributed by atoms with Crippen LogP contribution in [0.5, 0.6) is 5.75 Å². The van der Waals surface area contributed by atoms with Gasteiger partial charge in [0.25, 0.3) is 0 Å². The molecule has 0 N–H and O–H groups in total. The predicted molar refractivity (Wildman–Crippen MR) is 83.4 cm³/mol. The van der Waals surface area contributed by atoms with E-state index in [0.29, 0.717) is 11.3 Å². The average Bonchev–Trinajstić information content (AvgIpc) is 2.68. The summed E-state index contributed by atoms with van der Waals surface area (Å²) in [6.45, 7) is 0. The molecule has 0 aliphatic rings. The summed E-state index contributed by atoms with van der Waals surface area (Å²) in [4.78, 5) is 0.855.